The van der Waals surface area contributed by atoms with Gasteiger partial charge in [0.25, 0.3) is 0 Å². The summed E-state index contributed by atoms with van der Waals surface area (Å²) in [5.41, 5.74) is 4.47. The van der Waals surface area contributed by atoms with Gasteiger partial charge in [-0.25, -0.2) is 9.83 Å². The summed E-state index contributed by atoms with van der Waals surface area (Å²) in [6.07, 6.45) is 0. The number of nitrogens with zero attached hydrogens (tertiary/aromatic N) is 5. The molecule has 0 radical (unpaired) electrons. The summed E-state index contributed by atoms with van der Waals surface area (Å²) >= 11 is 1.80. The molecule has 0 aliphatic rings. The van der Waals surface area contributed by atoms with Gasteiger partial charge in [-0.15, -0.1) is 11.3 Å². The van der Waals surface area contributed by atoms with Crippen LogP contribution in [0.4, 0.5) is 5.69 Å². The molecule has 5 aromatic carbocycles. The van der Waals surface area contributed by atoms with Crippen molar-refractivity contribution in [3.05, 3.63) is 127 Å². The Morgan fingerprint density at radius 3 is 2.00 bits per heavy atom. The molecule has 5 nitrogen and oxygen atoms in total. The van der Waals surface area contributed by atoms with Gasteiger partial charge in [0.1, 0.15) is 0 Å². The molecule has 40 heavy (non-hydrogen) atoms. The van der Waals surface area contributed by atoms with Crippen LogP contribution in [0.5, 0.6) is 0 Å². The largest absolute Gasteiger partial charge is 0.276 e. The van der Waals surface area contributed by atoms with Gasteiger partial charge in [0.2, 0.25) is 5.95 Å². The number of benzene rings is 5. The maximum Gasteiger partial charge on any atom is 0.238 e. The Balaban J connectivity index is 1.50. The molecule has 0 saturated carbocycles. The standard InChI is InChI=1S/C34H19N5S/c1-35-23-17-15-22(16-18-23)33-36-32(21-9-3-2-4-10-21)37-34(38-33)39-28-13-7-5-11-24(28)26-19-20-27-25-12-6-8-14-29(25)40-31(27)30(26)39/h2-20H. The van der Waals surface area contributed by atoms with Crippen molar-refractivity contribution in [3.63, 3.8) is 0 Å². The third kappa shape index (κ3) is 3.42. The quantitative estimate of drug-likeness (QED) is 0.214. The van der Waals surface area contributed by atoms with Gasteiger partial charge in [0.05, 0.1) is 22.3 Å². The van der Waals surface area contributed by atoms with Gasteiger partial charge in [0.15, 0.2) is 17.3 Å². The molecule has 8 rings (SSSR count). The summed E-state index contributed by atoms with van der Waals surface area (Å²) in [6.45, 7) is 7.33. The molecule has 0 saturated heterocycles. The molecule has 6 heteroatoms. The highest BCUT2D eigenvalue weighted by Crippen LogP contribution is 2.42. The zero-order valence-corrected chi connectivity index (χ0v) is 21.9. The van der Waals surface area contributed by atoms with Crippen LogP contribution in [0, 0.1) is 6.57 Å². The lowest BCUT2D eigenvalue weighted by Gasteiger charge is -2.11. The zero-order valence-electron chi connectivity index (χ0n) is 21.1. The summed E-state index contributed by atoms with van der Waals surface area (Å²) < 4.78 is 4.65. The third-order valence-electron chi connectivity index (χ3n) is 7.29. The molecule has 0 bridgehead atoms. The summed E-state index contributed by atoms with van der Waals surface area (Å²) in [7, 11) is 0. The minimum absolute atomic E-state index is 0.564. The smallest absolute Gasteiger partial charge is 0.238 e. The number of hydrogen-bond acceptors (Lipinski definition) is 4. The van der Waals surface area contributed by atoms with Crippen molar-refractivity contribution in [2.75, 3.05) is 0 Å². The van der Waals surface area contributed by atoms with Crippen LogP contribution in [0.1, 0.15) is 0 Å². The molecule has 0 amide bonds. The molecule has 0 unspecified atom stereocenters. The van der Waals surface area contributed by atoms with Crippen molar-refractivity contribution in [1.82, 2.24) is 19.5 Å². The number of aromatic nitrogens is 4. The summed E-state index contributed by atoms with van der Waals surface area (Å²) in [5, 5.41) is 4.80. The van der Waals surface area contributed by atoms with Crippen LogP contribution in [0.15, 0.2) is 115 Å². The minimum Gasteiger partial charge on any atom is -0.276 e. The number of thiophene rings is 1. The molecule has 0 atom stereocenters. The van der Waals surface area contributed by atoms with E-state index >= 15 is 0 Å². The van der Waals surface area contributed by atoms with E-state index in [0.29, 0.717) is 23.3 Å². The van der Waals surface area contributed by atoms with E-state index in [4.69, 9.17) is 21.5 Å². The second kappa shape index (κ2) is 8.84. The highest BCUT2D eigenvalue weighted by molar-refractivity contribution is 7.26. The number of rotatable bonds is 3. The maximum atomic E-state index is 7.33. The Morgan fingerprint density at radius 1 is 0.575 bits per heavy atom. The highest BCUT2D eigenvalue weighted by Gasteiger charge is 2.20. The summed E-state index contributed by atoms with van der Waals surface area (Å²) in [6, 6.07) is 38.8. The van der Waals surface area contributed by atoms with Crippen molar-refractivity contribution in [2.24, 2.45) is 0 Å². The summed E-state index contributed by atoms with van der Waals surface area (Å²) in [5.74, 6) is 1.73. The van der Waals surface area contributed by atoms with Crippen molar-refractivity contribution in [1.29, 1.82) is 0 Å². The molecule has 0 aliphatic carbocycles. The predicted molar refractivity (Wildman–Crippen MR) is 164 cm³/mol. The molecule has 3 heterocycles. The Kier molecular flexibility index (Phi) is 4.99. The van der Waals surface area contributed by atoms with E-state index in [9.17, 15) is 0 Å². The second-order valence-electron chi connectivity index (χ2n) is 9.60. The molecule has 186 valence electrons. The molecule has 0 N–H and O–H groups in total. The SMILES string of the molecule is [C-]#[N+]c1ccc(-c2nc(-c3ccccc3)nc(-n3c4ccccc4c4ccc5c6ccccc6sc5c43)n2)cc1. The first-order valence-electron chi connectivity index (χ1n) is 12.9. The van der Waals surface area contributed by atoms with Gasteiger partial charge < -0.3 is 0 Å². The lowest BCUT2D eigenvalue weighted by Crippen LogP contribution is -2.06. The van der Waals surface area contributed by atoms with Crippen molar-refractivity contribution in [2.45, 2.75) is 0 Å². The number of para-hydroxylation sites is 1. The molecule has 0 fully saturated rings. The Labute approximate surface area is 233 Å². The molecule has 0 aliphatic heterocycles. The lowest BCUT2D eigenvalue weighted by atomic mass is 10.1. The van der Waals surface area contributed by atoms with Gasteiger partial charge in [-0.1, -0.05) is 103 Å². The lowest BCUT2D eigenvalue weighted by molar-refractivity contribution is 0.955. The van der Waals surface area contributed by atoms with Gasteiger partial charge in [-0.3, -0.25) is 4.57 Å². The average molecular weight is 530 g/mol. The highest BCUT2D eigenvalue weighted by atomic mass is 32.1. The van der Waals surface area contributed by atoms with Crippen LogP contribution in [0.3, 0.4) is 0 Å². The van der Waals surface area contributed by atoms with Crippen molar-refractivity contribution in [3.8, 4) is 28.7 Å². The average Bonchev–Trinajstić information content (AvgIpc) is 3.57. The number of hydrogen-bond donors (Lipinski definition) is 0. The first-order valence-corrected chi connectivity index (χ1v) is 13.7. The van der Waals surface area contributed by atoms with Gasteiger partial charge in [-0.05, 0) is 12.1 Å². The fourth-order valence-electron chi connectivity index (χ4n) is 5.43. The summed E-state index contributed by atoms with van der Waals surface area (Å²) in [4.78, 5) is 18.5. The van der Waals surface area contributed by atoms with Crippen LogP contribution in [0.25, 0.3) is 75.5 Å². The van der Waals surface area contributed by atoms with Crippen LogP contribution in [0.2, 0.25) is 0 Å². The zero-order chi connectivity index (χ0) is 26.6. The molecular weight excluding hydrogens is 510 g/mol. The van der Waals surface area contributed by atoms with E-state index in [0.717, 1.165) is 27.5 Å². The van der Waals surface area contributed by atoms with E-state index in [1.165, 1.54) is 25.6 Å². The Bertz CT molecular complexity index is 2270. The van der Waals surface area contributed by atoms with Crippen LogP contribution < -0.4 is 0 Å². The van der Waals surface area contributed by atoms with Gasteiger partial charge in [-0.2, -0.15) is 9.97 Å². The van der Waals surface area contributed by atoms with E-state index < -0.39 is 0 Å². The van der Waals surface area contributed by atoms with E-state index in [1.54, 1.807) is 23.5 Å². The Hall–Kier alpha value is -5.38. The first kappa shape index (κ1) is 22.6. The maximum absolute atomic E-state index is 7.33. The van der Waals surface area contributed by atoms with Crippen LogP contribution in [-0.4, -0.2) is 19.5 Å². The van der Waals surface area contributed by atoms with E-state index in [-0.39, 0.29) is 0 Å². The molecule has 0 spiro atoms. The normalized spacial score (nSPS) is 11.5. The fourth-order valence-corrected chi connectivity index (χ4v) is 6.67. The van der Waals surface area contributed by atoms with Crippen LogP contribution in [-0.2, 0) is 0 Å². The Morgan fingerprint density at radius 2 is 1.23 bits per heavy atom. The second-order valence-corrected chi connectivity index (χ2v) is 10.6. The van der Waals surface area contributed by atoms with Gasteiger partial charge >= 0.3 is 0 Å². The molecule has 3 aromatic heterocycles. The first-order chi connectivity index (χ1) is 19.8. The minimum atomic E-state index is 0.564. The topological polar surface area (TPSA) is 48.0 Å². The van der Waals surface area contributed by atoms with Crippen molar-refractivity contribution >= 4 is 59.0 Å². The predicted octanol–water partition coefficient (Wildman–Crippen LogP) is 9.22. The number of fused-ring (bicyclic) bond motifs is 7. The van der Waals surface area contributed by atoms with E-state index in [2.05, 4.69) is 70.1 Å². The van der Waals surface area contributed by atoms with Crippen LogP contribution >= 0.6 is 11.3 Å². The molecular formula is C34H19N5S. The fraction of sp³-hybridized carbons (Fsp3) is 0. The van der Waals surface area contributed by atoms with Crippen molar-refractivity contribution < 1.29 is 0 Å². The third-order valence-corrected chi connectivity index (χ3v) is 8.48. The monoisotopic (exact) mass is 529 g/mol. The van der Waals surface area contributed by atoms with E-state index in [1.807, 2.05) is 42.5 Å². The molecule has 8 aromatic rings. The van der Waals surface area contributed by atoms with Gasteiger partial charge in [0, 0.05) is 37.4 Å².